The van der Waals surface area contributed by atoms with Crippen molar-refractivity contribution in [2.24, 2.45) is 5.92 Å². The minimum atomic E-state index is -4.84. The van der Waals surface area contributed by atoms with Gasteiger partial charge >= 0.3 is 12.1 Å². The Morgan fingerprint density at radius 3 is 2.55 bits per heavy atom. The number of hydrogen-bond acceptors (Lipinski definition) is 4. The predicted molar refractivity (Wildman–Crippen MR) is 68.0 cm³/mol. The van der Waals surface area contributed by atoms with E-state index in [4.69, 9.17) is 9.84 Å². The predicted octanol–water partition coefficient (Wildman–Crippen LogP) is 1.16. The molecule has 1 aromatic rings. The zero-order chi connectivity index (χ0) is 16.7. The molecule has 0 saturated carbocycles. The van der Waals surface area contributed by atoms with Crippen molar-refractivity contribution in [1.82, 2.24) is 4.72 Å². The van der Waals surface area contributed by atoms with Crippen molar-refractivity contribution in [3.63, 3.8) is 0 Å². The van der Waals surface area contributed by atoms with Gasteiger partial charge in [0, 0.05) is 0 Å². The molecule has 0 saturated heterocycles. The number of carbonyl (C=O) groups is 1. The molecular weight excluding hydrogens is 327 g/mol. The molecule has 0 aliphatic carbocycles. The van der Waals surface area contributed by atoms with E-state index in [1.165, 1.54) is 7.05 Å². The summed E-state index contributed by atoms with van der Waals surface area (Å²) in [6, 6.07) is 3.30. The molecule has 2 unspecified atom stereocenters. The number of alkyl halides is 3. The molecule has 0 fully saturated rings. The molecule has 0 spiro atoms. The molecule has 6 nitrogen and oxygen atoms in total. The number of fused-ring (bicyclic) bond motifs is 1. The summed E-state index contributed by atoms with van der Waals surface area (Å²) in [7, 11) is -2.60. The van der Waals surface area contributed by atoms with Crippen LogP contribution in [0.2, 0.25) is 0 Å². The summed E-state index contributed by atoms with van der Waals surface area (Å²) in [5.41, 5.74) is 0.101. The highest BCUT2D eigenvalue weighted by Crippen LogP contribution is 2.39. The highest BCUT2D eigenvalue weighted by molar-refractivity contribution is 7.89. The first-order valence-electron chi connectivity index (χ1n) is 6.09. The summed E-state index contributed by atoms with van der Waals surface area (Å²) in [5, 5.41) is 8.96. The molecule has 10 heteroatoms. The van der Waals surface area contributed by atoms with Crippen LogP contribution < -0.4 is 9.46 Å². The second kappa shape index (κ2) is 5.43. The van der Waals surface area contributed by atoms with Crippen LogP contribution >= 0.6 is 0 Å². The average Bonchev–Trinajstić information content (AvgIpc) is 2.44. The second-order valence-corrected chi connectivity index (χ2v) is 6.59. The number of halogens is 3. The highest BCUT2D eigenvalue weighted by Gasteiger charge is 2.52. The van der Waals surface area contributed by atoms with E-state index < -0.39 is 40.6 Å². The normalized spacial score (nSPS) is 21.8. The first kappa shape index (κ1) is 16.6. The first-order valence-corrected chi connectivity index (χ1v) is 7.57. The van der Waals surface area contributed by atoms with Crippen LogP contribution in [0.15, 0.2) is 23.1 Å². The topological polar surface area (TPSA) is 92.7 Å². The minimum Gasteiger partial charge on any atom is -0.481 e. The van der Waals surface area contributed by atoms with Gasteiger partial charge < -0.3 is 9.84 Å². The lowest BCUT2D eigenvalue weighted by molar-refractivity contribution is -0.217. The quantitative estimate of drug-likeness (QED) is 0.862. The van der Waals surface area contributed by atoms with E-state index in [0.29, 0.717) is 0 Å². The number of carboxylic acid groups (broad SMARTS) is 1. The molecule has 122 valence electrons. The third kappa shape index (κ3) is 3.02. The maximum absolute atomic E-state index is 12.9. The molecule has 1 heterocycles. The molecule has 2 N–H and O–H groups in total. The van der Waals surface area contributed by atoms with Gasteiger partial charge in [-0.1, -0.05) is 0 Å². The van der Waals surface area contributed by atoms with Crippen LogP contribution in [0.5, 0.6) is 5.75 Å². The number of carboxylic acids is 1. The summed E-state index contributed by atoms with van der Waals surface area (Å²) in [6.45, 7) is 0. The molecular formula is C12H12F3NO5S. The van der Waals surface area contributed by atoms with Gasteiger partial charge in [-0.25, -0.2) is 13.1 Å². The molecule has 0 aromatic heterocycles. The van der Waals surface area contributed by atoms with E-state index in [1.807, 2.05) is 0 Å². The number of ether oxygens (including phenoxy) is 1. The van der Waals surface area contributed by atoms with Crippen molar-refractivity contribution in [1.29, 1.82) is 0 Å². The van der Waals surface area contributed by atoms with Gasteiger partial charge in [-0.05, 0) is 37.2 Å². The van der Waals surface area contributed by atoms with Crippen LogP contribution in [0, 0.1) is 5.92 Å². The standard InChI is InChI=1S/C12H12F3NO5S/c1-16-22(19,20)7-2-3-9-6(4-7)5-8(11(17)18)10(21-9)12(13,14)15/h2-4,8,10,16H,5H2,1H3,(H,17,18). The molecule has 0 radical (unpaired) electrons. The fraction of sp³-hybridized carbons (Fsp3) is 0.417. The lowest BCUT2D eigenvalue weighted by Crippen LogP contribution is -2.47. The van der Waals surface area contributed by atoms with Crippen molar-refractivity contribution in [2.75, 3.05) is 7.05 Å². The van der Waals surface area contributed by atoms with Crippen LogP contribution in [0.4, 0.5) is 13.2 Å². The van der Waals surface area contributed by atoms with Gasteiger partial charge in [0.15, 0.2) is 0 Å². The van der Waals surface area contributed by atoms with Gasteiger partial charge in [0.1, 0.15) is 11.7 Å². The van der Waals surface area contributed by atoms with Gasteiger partial charge in [-0.15, -0.1) is 0 Å². The molecule has 1 aliphatic rings. The van der Waals surface area contributed by atoms with Crippen molar-refractivity contribution in [2.45, 2.75) is 23.6 Å². The van der Waals surface area contributed by atoms with Crippen molar-refractivity contribution >= 4 is 16.0 Å². The van der Waals surface area contributed by atoms with E-state index >= 15 is 0 Å². The molecule has 2 rings (SSSR count). The minimum absolute atomic E-state index is 0.101. The molecule has 0 bridgehead atoms. The van der Waals surface area contributed by atoms with Gasteiger partial charge in [-0.2, -0.15) is 13.2 Å². The monoisotopic (exact) mass is 339 g/mol. The lowest BCUT2D eigenvalue weighted by atomic mass is 9.90. The molecule has 22 heavy (non-hydrogen) atoms. The molecule has 1 aromatic carbocycles. The Morgan fingerprint density at radius 1 is 1.41 bits per heavy atom. The van der Waals surface area contributed by atoms with Crippen LogP contribution in [0.3, 0.4) is 0 Å². The number of sulfonamides is 1. The van der Waals surface area contributed by atoms with E-state index in [9.17, 15) is 26.4 Å². The maximum atomic E-state index is 12.9. The highest BCUT2D eigenvalue weighted by atomic mass is 32.2. The second-order valence-electron chi connectivity index (χ2n) is 4.71. The summed E-state index contributed by atoms with van der Waals surface area (Å²) in [4.78, 5) is 10.9. The summed E-state index contributed by atoms with van der Waals surface area (Å²) >= 11 is 0. The van der Waals surface area contributed by atoms with Crippen LogP contribution in [-0.2, 0) is 21.2 Å². The van der Waals surface area contributed by atoms with Crippen molar-refractivity contribution in [3.05, 3.63) is 23.8 Å². The Morgan fingerprint density at radius 2 is 2.05 bits per heavy atom. The van der Waals surface area contributed by atoms with Crippen molar-refractivity contribution < 1.29 is 36.2 Å². The molecule has 2 atom stereocenters. The number of rotatable bonds is 3. The average molecular weight is 339 g/mol. The Labute approximate surface area is 123 Å². The third-order valence-electron chi connectivity index (χ3n) is 3.31. The maximum Gasteiger partial charge on any atom is 0.426 e. The first-order chi connectivity index (χ1) is 10.1. The van der Waals surface area contributed by atoms with E-state index in [0.717, 1.165) is 18.2 Å². The Hall–Kier alpha value is -1.81. The summed E-state index contributed by atoms with van der Waals surface area (Å²) in [6.07, 6.45) is -7.78. The van der Waals surface area contributed by atoms with Crippen LogP contribution in [0.1, 0.15) is 5.56 Å². The fourth-order valence-corrected chi connectivity index (χ4v) is 2.97. The Bertz CT molecular complexity index is 701. The van der Waals surface area contributed by atoms with Gasteiger partial charge in [0.2, 0.25) is 16.1 Å². The Kier molecular flexibility index (Phi) is 4.09. The lowest BCUT2D eigenvalue weighted by Gasteiger charge is -2.32. The van der Waals surface area contributed by atoms with Gasteiger partial charge in [0.05, 0.1) is 4.90 Å². The van der Waals surface area contributed by atoms with E-state index in [2.05, 4.69) is 4.72 Å². The summed E-state index contributed by atoms with van der Waals surface area (Å²) < 4.78 is 68.8. The van der Waals surface area contributed by atoms with Crippen LogP contribution in [0.25, 0.3) is 0 Å². The SMILES string of the molecule is CNS(=O)(=O)c1ccc2c(c1)CC(C(=O)O)C(C(F)(F)F)O2. The van der Waals surface area contributed by atoms with Gasteiger partial charge in [-0.3, -0.25) is 4.79 Å². The molecule has 0 amide bonds. The number of benzene rings is 1. The van der Waals surface area contributed by atoms with E-state index in [1.54, 1.807) is 0 Å². The number of aliphatic carboxylic acids is 1. The number of nitrogens with one attached hydrogen (secondary N) is 1. The van der Waals surface area contributed by atoms with Gasteiger partial charge in [0.25, 0.3) is 0 Å². The smallest absolute Gasteiger partial charge is 0.426 e. The zero-order valence-electron chi connectivity index (χ0n) is 11.2. The Balaban J connectivity index is 2.46. The summed E-state index contributed by atoms with van der Waals surface area (Å²) in [5.74, 6) is -3.66. The van der Waals surface area contributed by atoms with Crippen LogP contribution in [-0.4, -0.2) is 38.8 Å². The fourth-order valence-electron chi connectivity index (χ4n) is 2.19. The van der Waals surface area contributed by atoms with E-state index in [-0.39, 0.29) is 16.2 Å². The third-order valence-corrected chi connectivity index (χ3v) is 4.72. The van der Waals surface area contributed by atoms with Crippen molar-refractivity contribution in [3.8, 4) is 5.75 Å². The largest absolute Gasteiger partial charge is 0.481 e. The molecule has 1 aliphatic heterocycles. The zero-order valence-corrected chi connectivity index (χ0v) is 12.0. The number of hydrogen-bond donors (Lipinski definition) is 2.